The van der Waals surface area contributed by atoms with Crippen molar-refractivity contribution in [1.82, 2.24) is 10.0 Å². The fourth-order valence-electron chi connectivity index (χ4n) is 2.25. The van der Waals surface area contributed by atoms with Gasteiger partial charge in [-0.15, -0.1) is 0 Å². The molecule has 0 fully saturated rings. The lowest BCUT2D eigenvalue weighted by molar-refractivity contribution is 0.0937. The van der Waals surface area contributed by atoms with Crippen molar-refractivity contribution in [3.05, 3.63) is 29.8 Å². The molecule has 0 bridgehead atoms. The van der Waals surface area contributed by atoms with Gasteiger partial charge in [0.15, 0.2) is 0 Å². The Hall–Kier alpha value is -1.44. The second-order valence-electron chi connectivity index (χ2n) is 5.79. The molecule has 0 saturated heterocycles. The van der Waals surface area contributed by atoms with Crippen LogP contribution in [0.4, 0.5) is 0 Å². The molecule has 7 heteroatoms. The average molecular weight is 356 g/mol. The molecular formula is C17H28N2O4S. The van der Waals surface area contributed by atoms with Crippen LogP contribution in [0.25, 0.3) is 0 Å². The molecule has 1 atom stereocenters. The van der Waals surface area contributed by atoms with Crippen LogP contribution in [0.1, 0.15) is 49.9 Å². The number of nitrogens with one attached hydrogen (secondary N) is 2. The molecule has 1 aromatic rings. The smallest absolute Gasteiger partial charge is 0.251 e. The average Bonchev–Trinajstić information content (AvgIpc) is 2.55. The van der Waals surface area contributed by atoms with Crippen molar-refractivity contribution in [2.45, 2.75) is 50.5 Å². The van der Waals surface area contributed by atoms with E-state index in [2.05, 4.69) is 17.0 Å². The molecule has 0 aromatic heterocycles. The lowest BCUT2D eigenvalue weighted by atomic mass is 10.1. The van der Waals surface area contributed by atoms with Crippen LogP contribution in [0.3, 0.4) is 0 Å². The largest absolute Gasteiger partial charge is 0.383 e. The summed E-state index contributed by atoms with van der Waals surface area (Å²) in [5, 5.41) is 2.91. The molecule has 0 aliphatic rings. The van der Waals surface area contributed by atoms with Crippen LogP contribution in [-0.2, 0) is 14.8 Å². The molecule has 1 aromatic carbocycles. The minimum Gasteiger partial charge on any atom is -0.383 e. The molecule has 1 amide bonds. The number of methoxy groups -OCH3 is 1. The number of unbranched alkanes of at least 4 members (excludes halogenated alkanes) is 2. The molecule has 0 radical (unpaired) electrons. The van der Waals surface area contributed by atoms with Crippen LogP contribution in [-0.4, -0.2) is 40.6 Å². The third-order valence-corrected chi connectivity index (χ3v) is 5.08. The van der Waals surface area contributed by atoms with E-state index in [1.54, 1.807) is 12.1 Å². The van der Waals surface area contributed by atoms with Gasteiger partial charge in [-0.05, 0) is 31.5 Å². The summed E-state index contributed by atoms with van der Waals surface area (Å²) >= 11 is 0. The Morgan fingerprint density at radius 1 is 1.29 bits per heavy atom. The quantitative estimate of drug-likeness (QED) is 0.596. The first kappa shape index (κ1) is 20.6. The van der Waals surface area contributed by atoms with Gasteiger partial charge in [0.25, 0.3) is 5.91 Å². The predicted octanol–water partition coefficient (Wildman–Crippen LogP) is 2.31. The molecule has 1 unspecified atom stereocenters. The van der Waals surface area contributed by atoms with Crippen LogP contribution < -0.4 is 10.0 Å². The first-order valence-corrected chi connectivity index (χ1v) is 9.78. The fourth-order valence-corrected chi connectivity index (χ4v) is 3.30. The highest BCUT2D eigenvalue weighted by atomic mass is 32.2. The SMILES string of the molecule is CCCCCC(C)NC(=O)c1cccc(S(=O)(=O)NCCOC)c1. The van der Waals surface area contributed by atoms with Crippen molar-refractivity contribution in [1.29, 1.82) is 0 Å². The van der Waals surface area contributed by atoms with E-state index >= 15 is 0 Å². The number of hydrogen-bond acceptors (Lipinski definition) is 4. The van der Waals surface area contributed by atoms with Gasteiger partial charge in [-0.1, -0.05) is 32.3 Å². The highest BCUT2D eigenvalue weighted by molar-refractivity contribution is 7.89. The molecule has 136 valence electrons. The summed E-state index contributed by atoms with van der Waals surface area (Å²) in [5.41, 5.74) is 0.340. The van der Waals surface area contributed by atoms with E-state index in [1.807, 2.05) is 6.92 Å². The number of ether oxygens (including phenoxy) is 1. The van der Waals surface area contributed by atoms with Crippen molar-refractivity contribution in [2.75, 3.05) is 20.3 Å². The van der Waals surface area contributed by atoms with Crippen LogP contribution in [0, 0.1) is 0 Å². The molecule has 0 saturated carbocycles. The van der Waals surface area contributed by atoms with E-state index in [9.17, 15) is 13.2 Å². The maximum Gasteiger partial charge on any atom is 0.251 e. The topological polar surface area (TPSA) is 84.5 Å². The number of carbonyl (C=O) groups is 1. The van der Waals surface area contributed by atoms with Gasteiger partial charge < -0.3 is 10.1 Å². The molecule has 0 spiro atoms. The Bertz CT molecular complexity index is 617. The summed E-state index contributed by atoms with van der Waals surface area (Å²) in [7, 11) is -2.14. The highest BCUT2D eigenvalue weighted by Gasteiger charge is 2.16. The molecule has 0 aliphatic heterocycles. The molecule has 0 heterocycles. The summed E-state index contributed by atoms with van der Waals surface area (Å²) in [6.45, 7) is 4.56. The lowest BCUT2D eigenvalue weighted by Crippen LogP contribution is -2.33. The number of hydrogen-bond donors (Lipinski definition) is 2. The zero-order chi connectivity index (χ0) is 18.0. The Morgan fingerprint density at radius 2 is 2.04 bits per heavy atom. The summed E-state index contributed by atoms with van der Waals surface area (Å²) in [6.07, 6.45) is 4.25. The van der Waals surface area contributed by atoms with Crippen LogP contribution in [0.15, 0.2) is 29.2 Å². The zero-order valence-corrected chi connectivity index (χ0v) is 15.5. The first-order chi connectivity index (χ1) is 11.4. The molecule has 1 rings (SSSR count). The molecule has 0 aliphatic carbocycles. The molecular weight excluding hydrogens is 328 g/mol. The lowest BCUT2D eigenvalue weighted by Gasteiger charge is -2.14. The van der Waals surface area contributed by atoms with E-state index in [4.69, 9.17) is 4.74 Å². The number of carbonyl (C=O) groups excluding carboxylic acids is 1. The summed E-state index contributed by atoms with van der Waals surface area (Å²) in [5.74, 6) is -0.257. The van der Waals surface area contributed by atoms with Crippen LogP contribution in [0.2, 0.25) is 0 Å². The summed E-state index contributed by atoms with van der Waals surface area (Å²) in [6, 6.07) is 6.10. The third-order valence-electron chi connectivity index (χ3n) is 3.62. The van der Waals surface area contributed by atoms with Gasteiger partial charge in [0.2, 0.25) is 10.0 Å². The van der Waals surface area contributed by atoms with E-state index in [0.717, 1.165) is 25.7 Å². The van der Waals surface area contributed by atoms with Crippen molar-refractivity contribution in [2.24, 2.45) is 0 Å². The highest BCUT2D eigenvalue weighted by Crippen LogP contribution is 2.12. The number of rotatable bonds is 11. The second kappa shape index (κ2) is 10.4. The Balaban J connectivity index is 2.71. The fraction of sp³-hybridized carbons (Fsp3) is 0.588. The van der Waals surface area contributed by atoms with Gasteiger partial charge in [-0.3, -0.25) is 4.79 Å². The second-order valence-corrected chi connectivity index (χ2v) is 7.56. The van der Waals surface area contributed by atoms with Gasteiger partial charge in [-0.25, -0.2) is 13.1 Å². The van der Waals surface area contributed by atoms with Crippen molar-refractivity contribution in [3.63, 3.8) is 0 Å². The van der Waals surface area contributed by atoms with Gasteiger partial charge >= 0.3 is 0 Å². The van der Waals surface area contributed by atoms with E-state index in [-0.39, 0.29) is 30.0 Å². The standard InChI is InChI=1S/C17H28N2O4S/c1-4-5-6-8-14(2)19-17(20)15-9-7-10-16(13-15)24(21,22)18-11-12-23-3/h7,9-10,13-14,18H,4-6,8,11-12H2,1-3H3,(H,19,20). The normalized spacial score (nSPS) is 12.8. The minimum absolute atomic E-state index is 0.0594. The zero-order valence-electron chi connectivity index (χ0n) is 14.7. The summed E-state index contributed by atoms with van der Waals surface area (Å²) < 4.78 is 31.6. The molecule has 24 heavy (non-hydrogen) atoms. The van der Waals surface area contributed by atoms with Gasteiger partial charge in [0.1, 0.15) is 0 Å². The Labute approximate surface area is 145 Å². The first-order valence-electron chi connectivity index (χ1n) is 8.30. The van der Waals surface area contributed by atoms with Crippen molar-refractivity contribution < 1.29 is 17.9 Å². The van der Waals surface area contributed by atoms with Gasteiger partial charge in [0, 0.05) is 25.3 Å². The Morgan fingerprint density at radius 3 is 2.71 bits per heavy atom. The van der Waals surface area contributed by atoms with Gasteiger partial charge in [0.05, 0.1) is 11.5 Å². The van der Waals surface area contributed by atoms with Crippen molar-refractivity contribution >= 4 is 15.9 Å². The van der Waals surface area contributed by atoms with Crippen LogP contribution in [0.5, 0.6) is 0 Å². The van der Waals surface area contributed by atoms with E-state index in [1.165, 1.54) is 19.2 Å². The Kier molecular flexibility index (Phi) is 8.95. The van der Waals surface area contributed by atoms with Crippen LogP contribution >= 0.6 is 0 Å². The molecule has 6 nitrogen and oxygen atoms in total. The predicted molar refractivity (Wildman–Crippen MR) is 94.6 cm³/mol. The van der Waals surface area contributed by atoms with Gasteiger partial charge in [-0.2, -0.15) is 0 Å². The number of amides is 1. The maximum atomic E-state index is 12.3. The minimum atomic E-state index is -3.64. The third kappa shape index (κ3) is 6.98. The number of sulfonamides is 1. The maximum absolute atomic E-state index is 12.3. The molecule has 2 N–H and O–H groups in total. The van der Waals surface area contributed by atoms with Crippen molar-refractivity contribution in [3.8, 4) is 0 Å². The monoisotopic (exact) mass is 356 g/mol. The van der Waals surface area contributed by atoms with E-state index in [0.29, 0.717) is 5.56 Å². The van der Waals surface area contributed by atoms with E-state index < -0.39 is 10.0 Å². The summed E-state index contributed by atoms with van der Waals surface area (Å²) in [4.78, 5) is 12.4. The number of benzene rings is 1.